The highest BCUT2D eigenvalue weighted by molar-refractivity contribution is 5.89. The van der Waals surface area contributed by atoms with Crippen molar-refractivity contribution < 1.29 is 0 Å². The summed E-state index contributed by atoms with van der Waals surface area (Å²) in [6, 6.07) is 8.73. The standard InChI is InChI=1S/C28H39N7.C2H5N.C2H6/c1-32-26-24(8-9-25(30-26)34-15-4-2-3-5-16-34)27(31-32)35-19-12-28(13-20-35)10-17-33(18-11-28)22-23-7-6-14-29-21-23;1-2-3;1-2/h6-9,14,21H,2-5,10-13,15-20,22H2,1H3;2-3H,1H3;1-2H3. The van der Waals surface area contributed by atoms with Gasteiger partial charge in [0.1, 0.15) is 5.82 Å². The molecule has 1 N–H and O–H groups in total. The predicted molar refractivity (Wildman–Crippen MR) is 168 cm³/mol. The number of nitrogens with zero attached hydrogens (tertiary/aromatic N) is 7. The molecule has 0 atom stereocenters. The minimum atomic E-state index is 0.505. The van der Waals surface area contributed by atoms with Gasteiger partial charge in [-0.15, -0.1) is 0 Å². The van der Waals surface area contributed by atoms with E-state index in [1.54, 1.807) is 6.92 Å². The highest BCUT2D eigenvalue weighted by atomic mass is 15.4. The smallest absolute Gasteiger partial charge is 0.162 e. The molecule has 3 aliphatic rings. The third-order valence-electron chi connectivity index (χ3n) is 8.75. The third-order valence-corrected chi connectivity index (χ3v) is 8.75. The van der Waals surface area contributed by atoms with Crippen LogP contribution in [-0.2, 0) is 13.6 Å². The van der Waals surface area contributed by atoms with Crippen molar-refractivity contribution in [2.45, 2.75) is 78.7 Å². The Labute approximate surface area is 241 Å². The van der Waals surface area contributed by atoms with Crippen LogP contribution in [0.25, 0.3) is 11.0 Å². The van der Waals surface area contributed by atoms with E-state index in [-0.39, 0.29) is 0 Å². The van der Waals surface area contributed by atoms with E-state index in [1.165, 1.54) is 81.6 Å². The highest BCUT2D eigenvalue weighted by Crippen LogP contribution is 2.43. The van der Waals surface area contributed by atoms with Crippen LogP contribution < -0.4 is 9.80 Å². The Morgan fingerprint density at radius 3 is 2.15 bits per heavy atom. The van der Waals surface area contributed by atoms with Gasteiger partial charge in [-0.2, -0.15) is 5.10 Å². The molecule has 40 heavy (non-hydrogen) atoms. The van der Waals surface area contributed by atoms with Crippen molar-refractivity contribution in [2.75, 3.05) is 49.1 Å². The third kappa shape index (κ3) is 7.19. The minimum Gasteiger partial charge on any atom is -0.357 e. The second kappa shape index (κ2) is 14.6. The second-order valence-corrected chi connectivity index (χ2v) is 11.3. The van der Waals surface area contributed by atoms with Crippen molar-refractivity contribution in [2.24, 2.45) is 12.5 Å². The SMILES string of the molecule is CC.CC=N.Cn1nc(N2CCC3(CCN(Cc4cccnc4)CC3)CC2)c2ccc(N3CCCCCC3)nc21. The molecule has 8 nitrogen and oxygen atoms in total. The lowest BCUT2D eigenvalue weighted by Crippen LogP contribution is -2.46. The van der Waals surface area contributed by atoms with Crippen LogP contribution in [0.5, 0.6) is 0 Å². The number of aryl methyl sites for hydroxylation is 1. The van der Waals surface area contributed by atoms with Gasteiger partial charge in [0.2, 0.25) is 0 Å². The van der Waals surface area contributed by atoms with Crippen molar-refractivity contribution in [1.82, 2.24) is 24.6 Å². The summed E-state index contributed by atoms with van der Waals surface area (Å²) < 4.78 is 1.99. The summed E-state index contributed by atoms with van der Waals surface area (Å²) in [6.45, 7) is 13.5. The van der Waals surface area contributed by atoms with E-state index < -0.39 is 0 Å². The number of pyridine rings is 2. The molecule has 0 aromatic carbocycles. The zero-order valence-electron chi connectivity index (χ0n) is 25.3. The largest absolute Gasteiger partial charge is 0.357 e. The van der Waals surface area contributed by atoms with E-state index in [4.69, 9.17) is 15.5 Å². The average molecular weight is 547 g/mol. The Morgan fingerprint density at radius 2 is 1.52 bits per heavy atom. The zero-order chi connectivity index (χ0) is 28.4. The molecule has 3 aromatic rings. The van der Waals surface area contributed by atoms with E-state index in [1.807, 2.05) is 37.0 Å². The molecule has 1 spiro atoms. The van der Waals surface area contributed by atoms with Crippen molar-refractivity contribution in [3.05, 3.63) is 42.2 Å². The number of hydrogen-bond donors (Lipinski definition) is 1. The number of rotatable bonds is 4. The van der Waals surface area contributed by atoms with Gasteiger partial charge in [-0.25, -0.2) is 9.67 Å². The maximum Gasteiger partial charge on any atom is 0.162 e. The number of aromatic nitrogens is 4. The molecule has 8 heteroatoms. The van der Waals surface area contributed by atoms with Crippen LogP contribution in [0, 0.1) is 10.8 Å². The Kier molecular flexibility index (Phi) is 10.9. The summed E-state index contributed by atoms with van der Waals surface area (Å²) in [5.41, 5.74) is 2.85. The number of nitrogens with one attached hydrogen (secondary N) is 1. The highest BCUT2D eigenvalue weighted by Gasteiger charge is 2.38. The van der Waals surface area contributed by atoms with Gasteiger partial charge in [-0.1, -0.05) is 32.8 Å². The first-order chi connectivity index (χ1) is 19.6. The summed E-state index contributed by atoms with van der Waals surface area (Å²) >= 11 is 0. The monoisotopic (exact) mass is 546 g/mol. The van der Waals surface area contributed by atoms with E-state index in [2.05, 4.69) is 44.9 Å². The molecule has 0 saturated carbocycles. The molecule has 6 heterocycles. The van der Waals surface area contributed by atoms with Gasteiger partial charge in [0.15, 0.2) is 11.5 Å². The maximum absolute atomic E-state index is 6.08. The molecule has 3 saturated heterocycles. The van der Waals surface area contributed by atoms with Gasteiger partial charge in [0.25, 0.3) is 0 Å². The molecule has 0 amide bonds. The molecule has 0 bridgehead atoms. The fraction of sp³-hybridized carbons (Fsp3) is 0.625. The van der Waals surface area contributed by atoms with Crippen LogP contribution in [-0.4, -0.2) is 70.1 Å². The number of hydrogen-bond acceptors (Lipinski definition) is 7. The predicted octanol–water partition coefficient (Wildman–Crippen LogP) is 6.31. The summed E-state index contributed by atoms with van der Waals surface area (Å²) in [4.78, 5) is 16.9. The van der Waals surface area contributed by atoms with Crippen LogP contribution in [0.15, 0.2) is 36.7 Å². The first kappa shape index (κ1) is 30.0. The second-order valence-electron chi connectivity index (χ2n) is 11.3. The Balaban J connectivity index is 0.000000695. The topological polar surface area (TPSA) is 77.2 Å². The lowest BCUT2D eigenvalue weighted by molar-refractivity contribution is 0.0757. The lowest BCUT2D eigenvalue weighted by Gasteiger charge is -2.47. The number of piperidine rings is 2. The Hall–Kier alpha value is -3.00. The lowest BCUT2D eigenvalue weighted by atomic mass is 9.71. The summed E-state index contributed by atoms with van der Waals surface area (Å²) in [6.07, 6.45) is 15.5. The molecule has 218 valence electrons. The number of fused-ring (bicyclic) bond motifs is 1. The fourth-order valence-electron chi connectivity index (χ4n) is 6.44. The average Bonchev–Trinajstić information content (AvgIpc) is 3.15. The van der Waals surface area contributed by atoms with E-state index in [0.29, 0.717) is 5.41 Å². The van der Waals surface area contributed by atoms with Crippen LogP contribution in [0.3, 0.4) is 0 Å². The normalized spacial score (nSPS) is 19.3. The van der Waals surface area contributed by atoms with Gasteiger partial charge < -0.3 is 15.2 Å². The molecule has 3 aliphatic heterocycles. The van der Waals surface area contributed by atoms with Gasteiger partial charge in [-0.05, 0) is 93.9 Å². The van der Waals surface area contributed by atoms with E-state index >= 15 is 0 Å². The molecule has 6 rings (SSSR count). The molecular weight excluding hydrogens is 496 g/mol. The van der Waals surface area contributed by atoms with Crippen LogP contribution >= 0.6 is 0 Å². The fourth-order valence-corrected chi connectivity index (χ4v) is 6.44. The summed E-state index contributed by atoms with van der Waals surface area (Å²) in [5.74, 6) is 2.24. The number of anilines is 2. The van der Waals surface area contributed by atoms with Crippen molar-refractivity contribution >= 4 is 28.9 Å². The maximum atomic E-state index is 6.08. The van der Waals surface area contributed by atoms with Gasteiger partial charge >= 0.3 is 0 Å². The zero-order valence-corrected chi connectivity index (χ0v) is 25.3. The molecule has 3 fully saturated rings. The minimum absolute atomic E-state index is 0.505. The molecule has 0 radical (unpaired) electrons. The molecule has 0 aliphatic carbocycles. The summed E-state index contributed by atoms with van der Waals surface area (Å²) in [7, 11) is 2.05. The van der Waals surface area contributed by atoms with E-state index in [9.17, 15) is 0 Å². The van der Waals surface area contributed by atoms with Crippen LogP contribution in [0.2, 0.25) is 0 Å². The number of likely N-dealkylation sites (tertiary alicyclic amines) is 1. The quantitative estimate of drug-likeness (QED) is 0.387. The Morgan fingerprint density at radius 1 is 0.875 bits per heavy atom. The van der Waals surface area contributed by atoms with Gasteiger partial charge in [0, 0.05) is 52.2 Å². The molecule has 0 unspecified atom stereocenters. The summed E-state index contributed by atoms with van der Waals surface area (Å²) in [5, 5.41) is 12.2. The Bertz CT molecular complexity index is 1160. The van der Waals surface area contributed by atoms with Crippen LogP contribution in [0.4, 0.5) is 11.6 Å². The first-order valence-electron chi connectivity index (χ1n) is 15.5. The molecule has 3 aromatic heterocycles. The first-order valence-corrected chi connectivity index (χ1v) is 15.5. The van der Waals surface area contributed by atoms with Gasteiger partial charge in [-0.3, -0.25) is 9.88 Å². The van der Waals surface area contributed by atoms with Crippen LogP contribution in [0.1, 0.15) is 77.7 Å². The van der Waals surface area contributed by atoms with Crippen molar-refractivity contribution in [3.8, 4) is 0 Å². The molecular formula is C32H50N8. The van der Waals surface area contributed by atoms with E-state index in [0.717, 1.165) is 50.0 Å². The van der Waals surface area contributed by atoms with Gasteiger partial charge in [0.05, 0.1) is 5.39 Å². The van der Waals surface area contributed by atoms with Crippen molar-refractivity contribution in [1.29, 1.82) is 5.41 Å². The van der Waals surface area contributed by atoms with Crippen molar-refractivity contribution in [3.63, 3.8) is 0 Å².